The van der Waals surface area contributed by atoms with E-state index in [-0.39, 0.29) is 18.3 Å². The highest BCUT2D eigenvalue weighted by Gasteiger charge is 2.38. The number of hydrogen-bond acceptors (Lipinski definition) is 5. The third kappa shape index (κ3) is 6.31. The summed E-state index contributed by atoms with van der Waals surface area (Å²) in [5.74, 6) is -1.39. The van der Waals surface area contributed by atoms with Gasteiger partial charge in [0.05, 0.1) is 17.5 Å². The van der Waals surface area contributed by atoms with Crippen molar-refractivity contribution in [2.24, 2.45) is 0 Å². The summed E-state index contributed by atoms with van der Waals surface area (Å²) in [7, 11) is 0. The molecular weight excluding hydrogens is 440 g/mol. The first-order valence-electron chi connectivity index (χ1n) is 9.80. The Morgan fingerprint density at radius 3 is 2.47 bits per heavy atom. The Morgan fingerprint density at radius 2 is 1.84 bits per heavy atom. The highest BCUT2D eigenvalue weighted by Crippen LogP contribution is 2.28. The van der Waals surface area contributed by atoms with Crippen LogP contribution in [0.5, 0.6) is 0 Å². The van der Waals surface area contributed by atoms with Crippen molar-refractivity contribution < 1.29 is 30.9 Å². The Hall–Kier alpha value is -2.89. The molecule has 0 fully saturated rings. The van der Waals surface area contributed by atoms with E-state index >= 15 is 0 Å². The average Bonchev–Trinajstić information content (AvgIpc) is 3.28. The van der Waals surface area contributed by atoms with Crippen LogP contribution in [0.1, 0.15) is 43.4 Å². The molecule has 0 saturated heterocycles. The van der Waals surface area contributed by atoms with E-state index in [0.717, 1.165) is 0 Å². The van der Waals surface area contributed by atoms with Gasteiger partial charge in [0.1, 0.15) is 5.82 Å². The second-order valence-corrected chi connectivity index (χ2v) is 7.44. The molecule has 2 aromatic heterocycles. The van der Waals surface area contributed by atoms with Crippen molar-refractivity contribution in [1.82, 2.24) is 25.0 Å². The zero-order valence-electron chi connectivity index (χ0n) is 17.3. The van der Waals surface area contributed by atoms with Crippen LogP contribution < -0.4 is 5.32 Å². The van der Waals surface area contributed by atoms with Gasteiger partial charge in [0, 0.05) is 25.6 Å². The first kappa shape index (κ1) is 23.8. The molecule has 12 heteroatoms. The molecule has 3 aromatic rings. The van der Waals surface area contributed by atoms with Gasteiger partial charge in [-0.25, -0.2) is 4.98 Å². The minimum atomic E-state index is -4.73. The molecule has 0 radical (unpaired) electrons. The molecule has 0 atom stereocenters. The molecule has 0 aliphatic rings. The second kappa shape index (κ2) is 9.31. The van der Waals surface area contributed by atoms with Gasteiger partial charge in [-0.1, -0.05) is 31.1 Å². The molecule has 1 N–H and O–H groups in total. The minimum absolute atomic E-state index is 0.225. The van der Waals surface area contributed by atoms with Crippen molar-refractivity contribution in [3.63, 3.8) is 0 Å². The average molecular weight is 461 g/mol. The zero-order valence-corrected chi connectivity index (χ0v) is 17.3. The summed E-state index contributed by atoms with van der Waals surface area (Å²) in [6, 6.07) is 5.26. The predicted molar refractivity (Wildman–Crippen MR) is 105 cm³/mol. The fourth-order valence-electron chi connectivity index (χ4n) is 3.05. The molecule has 32 heavy (non-hydrogen) atoms. The number of alkyl halides is 6. The van der Waals surface area contributed by atoms with Crippen LogP contribution in [0.4, 0.5) is 26.3 Å². The van der Waals surface area contributed by atoms with E-state index < -0.39 is 24.7 Å². The summed E-state index contributed by atoms with van der Waals surface area (Å²) < 4.78 is 81.8. The number of imidazole rings is 1. The lowest BCUT2D eigenvalue weighted by molar-refractivity contribution is -0.159. The molecule has 0 aliphatic carbocycles. The summed E-state index contributed by atoms with van der Waals surface area (Å²) in [6.07, 6.45) is -7.56. The monoisotopic (exact) mass is 461 g/mol. The fourth-order valence-corrected chi connectivity index (χ4v) is 3.05. The van der Waals surface area contributed by atoms with Gasteiger partial charge in [-0.05, 0) is 23.8 Å². The highest BCUT2D eigenvalue weighted by atomic mass is 19.4. The van der Waals surface area contributed by atoms with Crippen LogP contribution in [-0.4, -0.2) is 38.5 Å². The SMILES string of the molecule is CC(C)NCCn1c(CCC(F)(F)F)nc2cc(/C=C/c3noc(C(F)(F)F)n3)ccc21. The number of nitrogens with zero attached hydrogens (tertiary/aromatic N) is 4. The van der Waals surface area contributed by atoms with Gasteiger partial charge in [-0.2, -0.15) is 31.3 Å². The lowest BCUT2D eigenvalue weighted by atomic mass is 10.2. The van der Waals surface area contributed by atoms with Gasteiger partial charge in [0.15, 0.2) is 5.82 Å². The summed E-state index contributed by atoms with van der Waals surface area (Å²) in [6.45, 7) is 4.94. The summed E-state index contributed by atoms with van der Waals surface area (Å²) >= 11 is 0. The lowest BCUT2D eigenvalue weighted by Crippen LogP contribution is -2.27. The van der Waals surface area contributed by atoms with Gasteiger partial charge < -0.3 is 14.4 Å². The van der Waals surface area contributed by atoms with Crippen LogP contribution in [0.2, 0.25) is 0 Å². The number of benzene rings is 1. The quantitative estimate of drug-likeness (QED) is 0.473. The van der Waals surface area contributed by atoms with Crippen molar-refractivity contribution in [1.29, 1.82) is 0 Å². The van der Waals surface area contributed by atoms with Crippen LogP contribution in [0.25, 0.3) is 23.2 Å². The number of fused-ring (bicyclic) bond motifs is 1. The number of aryl methyl sites for hydroxylation is 1. The molecule has 0 saturated carbocycles. The third-order valence-corrected chi connectivity index (χ3v) is 4.48. The Bertz CT molecular complexity index is 1080. The number of rotatable bonds is 8. The van der Waals surface area contributed by atoms with Crippen LogP contribution in [-0.2, 0) is 19.1 Å². The zero-order chi connectivity index (χ0) is 23.5. The summed E-state index contributed by atoms with van der Waals surface area (Å²) in [5, 5.41) is 6.47. The van der Waals surface area contributed by atoms with E-state index in [1.165, 1.54) is 12.2 Å². The molecule has 0 amide bonds. The molecule has 0 bridgehead atoms. The van der Waals surface area contributed by atoms with E-state index in [4.69, 9.17) is 0 Å². The minimum Gasteiger partial charge on any atom is -0.329 e. The fraction of sp³-hybridized carbons (Fsp3) is 0.450. The summed E-state index contributed by atoms with van der Waals surface area (Å²) in [5.41, 5.74) is 1.73. The second-order valence-electron chi connectivity index (χ2n) is 7.44. The van der Waals surface area contributed by atoms with Crippen molar-refractivity contribution >= 4 is 23.2 Å². The number of hydrogen-bond donors (Lipinski definition) is 1. The van der Waals surface area contributed by atoms with Crippen molar-refractivity contribution in [2.75, 3.05) is 6.54 Å². The predicted octanol–water partition coefficient (Wildman–Crippen LogP) is 5.10. The number of halogens is 6. The highest BCUT2D eigenvalue weighted by molar-refractivity contribution is 5.81. The molecule has 2 heterocycles. The maximum atomic E-state index is 12.7. The van der Waals surface area contributed by atoms with Crippen LogP contribution in [0.15, 0.2) is 22.7 Å². The number of nitrogens with one attached hydrogen (secondary N) is 1. The van der Waals surface area contributed by atoms with E-state index in [2.05, 4.69) is 25.0 Å². The van der Waals surface area contributed by atoms with E-state index in [1.54, 1.807) is 22.8 Å². The van der Waals surface area contributed by atoms with Gasteiger partial charge >= 0.3 is 18.2 Å². The van der Waals surface area contributed by atoms with Crippen molar-refractivity contribution in [2.45, 2.75) is 51.6 Å². The Labute approximate surface area is 179 Å². The van der Waals surface area contributed by atoms with Gasteiger partial charge in [-0.15, -0.1) is 0 Å². The maximum Gasteiger partial charge on any atom is 0.471 e. The van der Waals surface area contributed by atoms with Gasteiger partial charge in [-0.3, -0.25) is 0 Å². The Balaban J connectivity index is 1.85. The molecule has 0 aliphatic heterocycles. The first-order chi connectivity index (χ1) is 14.9. The van der Waals surface area contributed by atoms with Gasteiger partial charge in [0.25, 0.3) is 0 Å². The van der Waals surface area contributed by atoms with E-state index in [9.17, 15) is 26.3 Å². The van der Waals surface area contributed by atoms with Crippen molar-refractivity contribution in [3.05, 3.63) is 41.3 Å². The van der Waals surface area contributed by atoms with Crippen LogP contribution in [0.3, 0.4) is 0 Å². The molecule has 174 valence electrons. The number of aromatic nitrogens is 4. The van der Waals surface area contributed by atoms with Gasteiger partial charge in [0.2, 0.25) is 0 Å². The Morgan fingerprint density at radius 1 is 1.09 bits per heavy atom. The molecule has 0 spiro atoms. The lowest BCUT2D eigenvalue weighted by Gasteiger charge is -2.13. The summed E-state index contributed by atoms with van der Waals surface area (Å²) in [4.78, 5) is 7.62. The first-order valence-corrected chi connectivity index (χ1v) is 9.80. The van der Waals surface area contributed by atoms with Crippen molar-refractivity contribution in [3.8, 4) is 0 Å². The molecule has 0 unspecified atom stereocenters. The third-order valence-electron chi connectivity index (χ3n) is 4.48. The standard InChI is InChI=1S/C20H21F6N5O/c1-12(2)27-9-10-31-15-5-3-13(4-6-16-29-18(32-30-16)20(24,25)26)11-14(15)28-17(31)7-8-19(21,22)23/h3-6,11-12,27H,7-10H2,1-2H3/b6-4+. The normalized spacial score (nSPS) is 13.2. The molecular formula is C20H21F6N5O. The van der Waals surface area contributed by atoms with Crippen LogP contribution in [0, 0.1) is 0 Å². The molecule has 3 rings (SSSR count). The molecule has 1 aromatic carbocycles. The van der Waals surface area contributed by atoms with Crippen LogP contribution >= 0.6 is 0 Å². The smallest absolute Gasteiger partial charge is 0.329 e. The maximum absolute atomic E-state index is 12.7. The van der Waals surface area contributed by atoms with E-state index in [1.807, 2.05) is 13.8 Å². The largest absolute Gasteiger partial charge is 0.471 e. The van der Waals surface area contributed by atoms with E-state index in [0.29, 0.717) is 35.5 Å². The molecule has 6 nitrogen and oxygen atoms in total. The Kier molecular flexibility index (Phi) is 6.91. The topological polar surface area (TPSA) is 68.8 Å².